The quantitative estimate of drug-likeness (QED) is 0.567. The summed E-state index contributed by atoms with van der Waals surface area (Å²) in [4.78, 5) is 0. The molecule has 0 aliphatic carbocycles. The van der Waals surface area contributed by atoms with Gasteiger partial charge in [-0.3, -0.25) is 0 Å². The zero-order valence-corrected chi connectivity index (χ0v) is 12.6. The number of ether oxygens (including phenoxy) is 1. The summed E-state index contributed by atoms with van der Waals surface area (Å²) in [5.41, 5.74) is 0. The Balaban J connectivity index is 1.66. The van der Waals surface area contributed by atoms with Gasteiger partial charge in [-0.05, 0) is 0 Å². The minimum absolute atomic E-state index is 0.0576. The van der Waals surface area contributed by atoms with Gasteiger partial charge in [-0.15, -0.1) is 0 Å². The summed E-state index contributed by atoms with van der Waals surface area (Å²) in [6.07, 6.45) is 6.05. The van der Waals surface area contributed by atoms with Crippen molar-refractivity contribution in [2.24, 2.45) is 5.92 Å². The van der Waals surface area contributed by atoms with E-state index < -0.39 is 0 Å². The van der Waals surface area contributed by atoms with Gasteiger partial charge in [0.2, 0.25) is 0 Å². The zero-order valence-electron chi connectivity index (χ0n) is 9.43. The van der Waals surface area contributed by atoms with E-state index in [2.05, 4.69) is 24.1 Å². The maximum atomic E-state index is 5.81. The van der Waals surface area contributed by atoms with Gasteiger partial charge in [0.1, 0.15) is 0 Å². The molecule has 1 aromatic heterocycles. The molecule has 1 saturated heterocycles. The van der Waals surface area contributed by atoms with Gasteiger partial charge >= 0.3 is 112 Å². The Morgan fingerprint density at radius 3 is 3.31 bits per heavy atom. The molecule has 2 unspecified atom stereocenters. The molecule has 0 radical (unpaired) electrons. The van der Waals surface area contributed by atoms with Crippen LogP contribution < -0.4 is 2.93 Å². The Hall–Kier alpha value is 0.190. The number of hydrogen-bond donors (Lipinski definition) is 0. The van der Waals surface area contributed by atoms with Crippen molar-refractivity contribution in [3.05, 3.63) is 30.2 Å². The SMILES string of the molecule is C=CCCC1CC(C[Te]c2cccs2)CO1. The van der Waals surface area contributed by atoms with Crippen LogP contribution in [0.1, 0.15) is 19.3 Å². The molecule has 2 atom stereocenters. The standard InChI is InChI=1S/C13H18OSTe/c1-2-3-5-12-8-11(9-14-12)10-16-13-6-4-7-15-13/h2,4,6-7,11-12H,1,3,5,8-10H2. The van der Waals surface area contributed by atoms with Crippen LogP contribution in [0.15, 0.2) is 30.2 Å². The Morgan fingerprint density at radius 2 is 2.56 bits per heavy atom. The fourth-order valence-electron chi connectivity index (χ4n) is 1.95. The first-order valence-corrected chi connectivity index (χ1v) is 9.46. The average molecular weight is 350 g/mol. The normalized spacial score (nSPS) is 24.8. The van der Waals surface area contributed by atoms with Crippen LogP contribution in [0.3, 0.4) is 0 Å². The number of allylic oxidation sites excluding steroid dienone is 1. The van der Waals surface area contributed by atoms with Gasteiger partial charge in [0, 0.05) is 0 Å². The van der Waals surface area contributed by atoms with Crippen LogP contribution in [0.2, 0.25) is 4.47 Å². The van der Waals surface area contributed by atoms with Gasteiger partial charge in [0.05, 0.1) is 0 Å². The number of rotatable bonds is 6. The van der Waals surface area contributed by atoms with Crippen LogP contribution in [-0.4, -0.2) is 33.6 Å². The van der Waals surface area contributed by atoms with Crippen molar-refractivity contribution in [1.82, 2.24) is 0 Å². The van der Waals surface area contributed by atoms with E-state index in [1.807, 2.05) is 17.4 Å². The average Bonchev–Trinajstić information content (AvgIpc) is 2.95. The molecular weight excluding hydrogens is 332 g/mol. The molecule has 0 aromatic carbocycles. The van der Waals surface area contributed by atoms with Gasteiger partial charge in [-0.1, -0.05) is 0 Å². The van der Waals surface area contributed by atoms with Crippen molar-refractivity contribution >= 4 is 35.2 Å². The van der Waals surface area contributed by atoms with Crippen molar-refractivity contribution in [1.29, 1.82) is 0 Å². The second-order valence-corrected chi connectivity index (χ2v) is 8.95. The van der Waals surface area contributed by atoms with Crippen molar-refractivity contribution in [2.45, 2.75) is 29.8 Å². The first kappa shape index (κ1) is 12.6. The van der Waals surface area contributed by atoms with Gasteiger partial charge < -0.3 is 0 Å². The Bertz CT molecular complexity index is 310. The summed E-state index contributed by atoms with van der Waals surface area (Å²) in [5, 5.41) is 2.19. The van der Waals surface area contributed by atoms with E-state index >= 15 is 0 Å². The third-order valence-corrected chi connectivity index (χ3v) is 8.11. The third kappa shape index (κ3) is 3.89. The molecule has 0 amide bonds. The van der Waals surface area contributed by atoms with E-state index in [1.54, 1.807) is 2.93 Å². The second kappa shape index (κ2) is 6.81. The van der Waals surface area contributed by atoms with Crippen LogP contribution >= 0.6 is 11.3 Å². The Kier molecular flexibility index (Phi) is 5.38. The second-order valence-electron chi connectivity index (χ2n) is 4.17. The van der Waals surface area contributed by atoms with E-state index in [0.717, 1.165) is 18.9 Å². The molecule has 1 aliphatic rings. The first-order chi connectivity index (χ1) is 7.88. The van der Waals surface area contributed by atoms with Crippen molar-refractivity contribution < 1.29 is 4.74 Å². The van der Waals surface area contributed by atoms with Crippen LogP contribution in [0.25, 0.3) is 0 Å². The fraction of sp³-hybridized carbons (Fsp3) is 0.538. The molecule has 0 N–H and O–H groups in total. The van der Waals surface area contributed by atoms with Gasteiger partial charge in [-0.25, -0.2) is 0 Å². The van der Waals surface area contributed by atoms with E-state index in [9.17, 15) is 0 Å². The predicted molar refractivity (Wildman–Crippen MR) is 71.8 cm³/mol. The summed E-state index contributed by atoms with van der Waals surface area (Å²) < 4.78 is 8.87. The molecule has 2 heterocycles. The molecule has 1 aromatic rings. The molecular formula is C13H18OSTe. The molecule has 3 heteroatoms. The van der Waals surface area contributed by atoms with Crippen LogP contribution in [0, 0.1) is 5.92 Å². The zero-order chi connectivity index (χ0) is 11.2. The van der Waals surface area contributed by atoms with Crippen molar-refractivity contribution in [3.63, 3.8) is 0 Å². The molecule has 0 bridgehead atoms. The van der Waals surface area contributed by atoms with E-state index in [-0.39, 0.29) is 20.9 Å². The Labute approximate surface area is 112 Å². The first-order valence-electron chi connectivity index (χ1n) is 5.77. The van der Waals surface area contributed by atoms with E-state index in [4.69, 9.17) is 4.74 Å². The molecule has 2 rings (SSSR count). The Morgan fingerprint density at radius 1 is 1.62 bits per heavy atom. The summed E-state index contributed by atoms with van der Waals surface area (Å²) in [6, 6.07) is 4.46. The van der Waals surface area contributed by atoms with Crippen molar-refractivity contribution in [2.75, 3.05) is 6.61 Å². The van der Waals surface area contributed by atoms with Gasteiger partial charge in [0.25, 0.3) is 0 Å². The maximum absolute atomic E-state index is 5.81. The molecule has 1 aliphatic heterocycles. The van der Waals surface area contributed by atoms with Crippen molar-refractivity contribution in [3.8, 4) is 0 Å². The van der Waals surface area contributed by atoms with Gasteiger partial charge in [-0.2, -0.15) is 0 Å². The summed E-state index contributed by atoms with van der Waals surface area (Å²) in [7, 11) is 0. The molecule has 1 fully saturated rings. The fourth-order valence-corrected chi connectivity index (χ4v) is 6.28. The molecule has 0 saturated carbocycles. The molecule has 0 spiro atoms. The minimum atomic E-state index is 0.0576. The van der Waals surface area contributed by atoms with Crippen LogP contribution in [-0.2, 0) is 4.74 Å². The summed E-state index contributed by atoms with van der Waals surface area (Å²) >= 11 is 1.98. The molecule has 1 nitrogen and oxygen atoms in total. The summed E-state index contributed by atoms with van der Waals surface area (Å²) in [5.74, 6) is 0.833. The monoisotopic (exact) mass is 352 g/mol. The number of hydrogen-bond acceptors (Lipinski definition) is 2. The van der Waals surface area contributed by atoms with Crippen LogP contribution in [0.5, 0.6) is 0 Å². The van der Waals surface area contributed by atoms with Crippen LogP contribution in [0.4, 0.5) is 0 Å². The molecule has 16 heavy (non-hydrogen) atoms. The van der Waals surface area contributed by atoms with Gasteiger partial charge in [0.15, 0.2) is 0 Å². The van der Waals surface area contributed by atoms with E-state index in [0.29, 0.717) is 6.10 Å². The topological polar surface area (TPSA) is 9.23 Å². The summed E-state index contributed by atoms with van der Waals surface area (Å²) in [6.45, 7) is 4.76. The number of thiophene rings is 1. The van der Waals surface area contributed by atoms with E-state index in [1.165, 1.54) is 17.3 Å². The predicted octanol–water partition coefficient (Wildman–Crippen LogP) is 2.87. The third-order valence-electron chi connectivity index (χ3n) is 2.81. The molecule has 88 valence electrons.